The topological polar surface area (TPSA) is 145 Å². The summed E-state index contributed by atoms with van der Waals surface area (Å²) in [4.78, 5) is 56.0. The maximum absolute atomic E-state index is 16.4. The molecule has 0 spiro atoms. The summed E-state index contributed by atoms with van der Waals surface area (Å²) in [5.41, 5.74) is -1.81. The Morgan fingerprint density at radius 1 is 1.06 bits per heavy atom. The van der Waals surface area contributed by atoms with Gasteiger partial charge in [0, 0.05) is 44.0 Å². The van der Waals surface area contributed by atoms with E-state index in [2.05, 4.69) is 21.5 Å². The first-order valence-corrected chi connectivity index (χ1v) is 18.3. The minimum Gasteiger partial charge on any atom is -0.425 e. The number of carbonyl (C=O) groups excluding carboxylic acids is 2. The standard InChI is InChI=1S/C35H34F2N6O6S/c1-4-27(44)41-15-16-42(19(2)18-41)32-22-17-24(37)30(28-23(36)9-6-10-25(28)49-34(45)21-11-12-21)39-33(22)43(35(46)40-32)31-26(50(3,47)48)13-14-38-29(31)20-7-5-8-20/h4,6,9-10,13-14,17,19-21H,1,5,7-8,11-12,15-16,18H2,2-3H3/t19-/m0/s1. The number of esters is 1. The highest BCUT2D eigenvalue weighted by Gasteiger charge is 2.35. The van der Waals surface area contributed by atoms with Crippen LogP contribution < -0.4 is 15.3 Å². The lowest BCUT2D eigenvalue weighted by Crippen LogP contribution is -2.54. The van der Waals surface area contributed by atoms with Crippen LogP contribution >= 0.6 is 0 Å². The van der Waals surface area contributed by atoms with Crippen molar-refractivity contribution in [3.05, 3.63) is 77.0 Å². The highest BCUT2D eigenvalue weighted by atomic mass is 32.2. The smallest absolute Gasteiger partial charge is 0.355 e. The minimum atomic E-state index is -3.97. The van der Waals surface area contributed by atoms with E-state index in [1.54, 1.807) is 9.80 Å². The molecule has 0 N–H and O–H groups in total. The van der Waals surface area contributed by atoms with Gasteiger partial charge in [-0.25, -0.2) is 31.5 Å². The van der Waals surface area contributed by atoms with Crippen LogP contribution in [0.2, 0.25) is 0 Å². The van der Waals surface area contributed by atoms with Crippen LogP contribution in [0.25, 0.3) is 28.0 Å². The average molecular weight is 705 g/mol. The summed E-state index contributed by atoms with van der Waals surface area (Å²) in [5, 5.41) is 0.0388. The molecule has 0 unspecified atom stereocenters. The van der Waals surface area contributed by atoms with Crippen LogP contribution in [0.4, 0.5) is 14.6 Å². The number of fused-ring (bicyclic) bond motifs is 1. The van der Waals surface area contributed by atoms with Gasteiger partial charge < -0.3 is 14.5 Å². The van der Waals surface area contributed by atoms with Gasteiger partial charge in [0.15, 0.2) is 21.3 Å². The number of carbonyl (C=O) groups is 2. The van der Waals surface area contributed by atoms with E-state index in [-0.39, 0.29) is 70.6 Å². The van der Waals surface area contributed by atoms with Gasteiger partial charge in [-0.2, -0.15) is 4.98 Å². The Morgan fingerprint density at radius 3 is 2.46 bits per heavy atom. The molecular weight excluding hydrogens is 670 g/mol. The number of nitrogens with zero attached hydrogens (tertiary/aromatic N) is 6. The molecule has 7 rings (SSSR count). The Balaban J connectivity index is 1.52. The van der Waals surface area contributed by atoms with E-state index in [0.29, 0.717) is 31.4 Å². The van der Waals surface area contributed by atoms with E-state index >= 15 is 8.78 Å². The molecule has 1 atom stereocenters. The summed E-state index contributed by atoms with van der Waals surface area (Å²) in [7, 11) is -3.97. The monoisotopic (exact) mass is 704 g/mol. The van der Waals surface area contributed by atoms with Gasteiger partial charge in [0.1, 0.15) is 23.1 Å². The quantitative estimate of drug-likeness (QED) is 0.148. The Kier molecular flexibility index (Phi) is 8.48. The van der Waals surface area contributed by atoms with Crippen LogP contribution in [0.3, 0.4) is 0 Å². The normalized spacial score (nSPS) is 18.2. The molecule has 4 heterocycles. The van der Waals surface area contributed by atoms with E-state index in [1.807, 2.05) is 6.92 Å². The summed E-state index contributed by atoms with van der Waals surface area (Å²) in [6.07, 6.45) is 7.12. The van der Waals surface area contributed by atoms with Gasteiger partial charge in [-0.05, 0) is 62.9 Å². The second-order valence-corrected chi connectivity index (χ2v) is 15.0. The van der Waals surface area contributed by atoms with Crippen LogP contribution in [0.15, 0.2) is 58.9 Å². The van der Waals surface area contributed by atoms with E-state index in [4.69, 9.17) is 4.74 Å². The number of rotatable bonds is 8. The summed E-state index contributed by atoms with van der Waals surface area (Å²) in [6, 6.07) is 5.69. The highest BCUT2D eigenvalue weighted by molar-refractivity contribution is 7.90. The number of benzene rings is 1. The van der Waals surface area contributed by atoms with Crippen molar-refractivity contribution in [3.63, 3.8) is 0 Å². The van der Waals surface area contributed by atoms with Gasteiger partial charge >= 0.3 is 11.7 Å². The molecular formula is C35H34F2N6O6S. The van der Waals surface area contributed by atoms with Crippen molar-refractivity contribution < 1.29 is 31.5 Å². The molecule has 0 radical (unpaired) electrons. The molecule has 1 amide bonds. The molecule has 50 heavy (non-hydrogen) atoms. The Labute approximate surface area is 286 Å². The van der Waals surface area contributed by atoms with E-state index in [9.17, 15) is 22.8 Å². The molecule has 3 fully saturated rings. The third-order valence-corrected chi connectivity index (χ3v) is 10.7. The number of aromatic nitrogens is 4. The average Bonchev–Trinajstić information content (AvgIpc) is 3.90. The number of pyridine rings is 2. The summed E-state index contributed by atoms with van der Waals surface area (Å²) in [6.45, 7) is 6.10. The zero-order chi connectivity index (χ0) is 35.5. The fourth-order valence-electron chi connectivity index (χ4n) is 6.59. The van der Waals surface area contributed by atoms with Crippen LogP contribution in [-0.2, 0) is 19.4 Å². The lowest BCUT2D eigenvalue weighted by Gasteiger charge is -2.40. The molecule has 1 aromatic carbocycles. The Morgan fingerprint density at radius 2 is 1.82 bits per heavy atom. The molecule has 12 nitrogen and oxygen atoms in total. The van der Waals surface area contributed by atoms with Gasteiger partial charge in [-0.3, -0.25) is 14.6 Å². The molecule has 1 aliphatic heterocycles. The second-order valence-electron chi connectivity index (χ2n) is 13.0. The van der Waals surface area contributed by atoms with Gasteiger partial charge in [-0.1, -0.05) is 19.1 Å². The fraction of sp³-hybridized carbons (Fsp3) is 0.371. The first-order valence-electron chi connectivity index (χ1n) is 16.4. The number of hydrogen-bond acceptors (Lipinski definition) is 10. The van der Waals surface area contributed by atoms with Gasteiger partial charge in [0.25, 0.3) is 0 Å². The van der Waals surface area contributed by atoms with Crippen LogP contribution in [0, 0.1) is 17.6 Å². The van der Waals surface area contributed by atoms with Crippen molar-refractivity contribution in [2.45, 2.75) is 55.9 Å². The third-order valence-electron chi connectivity index (χ3n) is 9.55. The molecule has 1 saturated heterocycles. The van der Waals surface area contributed by atoms with Crippen molar-refractivity contribution in [1.29, 1.82) is 0 Å². The number of amides is 1. The molecule has 15 heteroatoms. The lowest BCUT2D eigenvalue weighted by molar-refractivity contribution is -0.135. The summed E-state index contributed by atoms with van der Waals surface area (Å²) in [5.74, 6) is -3.47. The van der Waals surface area contributed by atoms with Crippen molar-refractivity contribution in [3.8, 4) is 22.7 Å². The molecule has 2 saturated carbocycles. The van der Waals surface area contributed by atoms with Crippen LogP contribution in [0.5, 0.6) is 5.75 Å². The molecule has 0 bridgehead atoms. The number of ether oxygens (including phenoxy) is 1. The van der Waals surface area contributed by atoms with E-state index in [1.165, 1.54) is 30.5 Å². The summed E-state index contributed by atoms with van der Waals surface area (Å²) >= 11 is 0. The van der Waals surface area contributed by atoms with E-state index in [0.717, 1.165) is 29.4 Å². The Hall–Kier alpha value is -5.05. The largest absolute Gasteiger partial charge is 0.425 e. The van der Waals surface area contributed by atoms with Crippen molar-refractivity contribution in [2.75, 3.05) is 30.8 Å². The summed E-state index contributed by atoms with van der Waals surface area (Å²) < 4.78 is 65.1. The first kappa shape index (κ1) is 33.4. The SMILES string of the molecule is C=CC(=O)N1CCN(c2nc(=O)n(-c3c(S(C)(=O)=O)ccnc3C3CCC3)c3nc(-c4c(F)cccc4OC(=O)C4CC4)c(F)cc23)[C@@H](C)C1. The maximum atomic E-state index is 16.4. The predicted octanol–water partition coefficient (Wildman–Crippen LogP) is 4.33. The van der Waals surface area contributed by atoms with Crippen molar-refractivity contribution in [2.24, 2.45) is 5.92 Å². The van der Waals surface area contributed by atoms with Crippen molar-refractivity contribution >= 4 is 38.6 Å². The lowest BCUT2D eigenvalue weighted by atomic mass is 9.82. The minimum absolute atomic E-state index is 0.0388. The van der Waals surface area contributed by atoms with Crippen molar-refractivity contribution in [1.82, 2.24) is 24.4 Å². The van der Waals surface area contributed by atoms with Gasteiger partial charge in [0.05, 0.1) is 33.1 Å². The fourth-order valence-corrected chi connectivity index (χ4v) is 7.44. The number of piperazine rings is 1. The number of hydrogen-bond donors (Lipinski definition) is 0. The Bertz CT molecular complexity index is 2250. The van der Waals surface area contributed by atoms with Crippen LogP contribution in [0.1, 0.15) is 50.6 Å². The molecule has 260 valence electrons. The second kappa shape index (κ2) is 12.7. The van der Waals surface area contributed by atoms with E-state index < -0.39 is 50.4 Å². The number of halogens is 2. The molecule has 4 aromatic rings. The highest BCUT2D eigenvalue weighted by Crippen LogP contribution is 2.42. The first-order chi connectivity index (χ1) is 23.9. The van der Waals surface area contributed by atoms with Gasteiger partial charge in [-0.15, -0.1) is 0 Å². The third kappa shape index (κ3) is 5.92. The molecule has 3 aromatic heterocycles. The maximum Gasteiger partial charge on any atom is 0.355 e. The molecule has 2 aliphatic carbocycles. The van der Waals surface area contributed by atoms with Crippen LogP contribution in [-0.4, -0.2) is 76.6 Å². The predicted molar refractivity (Wildman–Crippen MR) is 180 cm³/mol. The zero-order valence-electron chi connectivity index (χ0n) is 27.4. The van der Waals surface area contributed by atoms with Gasteiger partial charge in [0.2, 0.25) is 5.91 Å². The number of anilines is 1. The number of sulfone groups is 1. The zero-order valence-corrected chi connectivity index (χ0v) is 28.3. The molecule has 3 aliphatic rings.